The molecule has 0 spiro atoms. The van der Waals surface area contributed by atoms with Crippen LogP contribution in [0, 0.1) is 0 Å². The monoisotopic (exact) mass is 312 g/mol. The number of sulfone groups is 1. The Morgan fingerprint density at radius 2 is 2.00 bits per heavy atom. The van der Waals surface area contributed by atoms with Crippen molar-refractivity contribution < 1.29 is 23.4 Å². The number of hydrogen-bond acceptors (Lipinski definition) is 5. The van der Waals surface area contributed by atoms with Gasteiger partial charge in [0.2, 0.25) is 0 Å². The molecule has 0 aliphatic carbocycles. The van der Waals surface area contributed by atoms with Crippen molar-refractivity contribution in [3.8, 4) is 5.69 Å². The van der Waals surface area contributed by atoms with Crippen molar-refractivity contribution in [2.24, 2.45) is 0 Å². The van der Waals surface area contributed by atoms with Crippen LogP contribution in [0.2, 0.25) is 0 Å². The van der Waals surface area contributed by atoms with E-state index in [1.807, 2.05) is 0 Å². The third-order valence-electron chi connectivity index (χ3n) is 2.75. The average Bonchev–Trinajstić information content (AvgIpc) is 2.81. The molecule has 0 saturated carbocycles. The Labute approximate surface area is 119 Å². The Morgan fingerprint density at radius 3 is 2.57 bits per heavy atom. The van der Waals surface area contributed by atoms with Gasteiger partial charge in [0, 0.05) is 6.07 Å². The number of aliphatic hydroxyl groups is 1. The summed E-state index contributed by atoms with van der Waals surface area (Å²) in [5.41, 5.74) is -0.737. The van der Waals surface area contributed by atoms with Crippen molar-refractivity contribution >= 4 is 15.8 Å². The molecule has 0 saturated heterocycles. The van der Waals surface area contributed by atoms with Crippen molar-refractivity contribution in [1.29, 1.82) is 0 Å². The van der Waals surface area contributed by atoms with E-state index >= 15 is 0 Å². The molecule has 3 N–H and O–H groups in total. The maximum Gasteiger partial charge on any atom is 0.353 e. The van der Waals surface area contributed by atoms with Crippen LogP contribution >= 0.6 is 0 Å². The van der Waals surface area contributed by atoms with E-state index in [1.165, 1.54) is 24.3 Å². The number of H-pyrrole nitrogens is 1. The zero-order chi connectivity index (χ0) is 15.6. The lowest BCUT2D eigenvalue weighted by molar-refractivity contribution is 0.0690. The number of aromatic amines is 1. The van der Waals surface area contributed by atoms with Crippen LogP contribution in [-0.2, 0) is 9.84 Å². The van der Waals surface area contributed by atoms with Gasteiger partial charge in [0.05, 0.1) is 22.9 Å². The Morgan fingerprint density at radius 1 is 1.29 bits per heavy atom. The van der Waals surface area contributed by atoms with Gasteiger partial charge >= 0.3 is 5.97 Å². The predicted octanol–water partition coefficient (Wildman–Crippen LogP) is -0.370. The van der Waals surface area contributed by atoms with Crippen molar-refractivity contribution in [2.45, 2.75) is 4.90 Å². The van der Waals surface area contributed by atoms with E-state index in [0.717, 1.165) is 10.7 Å². The lowest BCUT2D eigenvalue weighted by atomic mass is 10.3. The van der Waals surface area contributed by atoms with E-state index in [4.69, 9.17) is 10.2 Å². The van der Waals surface area contributed by atoms with Crippen LogP contribution < -0.4 is 5.56 Å². The summed E-state index contributed by atoms with van der Waals surface area (Å²) in [5, 5.41) is 19.9. The van der Waals surface area contributed by atoms with Gasteiger partial charge in [-0.1, -0.05) is 6.07 Å². The molecule has 8 nitrogen and oxygen atoms in total. The highest BCUT2D eigenvalue weighted by Crippen LogP contribution is 2.15. The maximum atomic E-state index is 11.9. The highest BCUT2D eigenvalue weighted by Gasteiger charge is 2.16. The molecule has 0 aliphatic heterocycles. The number of carboxylic acid groups (broad SMARTS) is 1. The van der Waals surface area contributed by atoms with Crippen LogP contribution in [-0.4, -0.2) is 46.7 Å². The zero-order valence-electron chi connectivity index (χ0n) is 10.7. The quantitative estimate of drug-likeness (QED) is 0.690. The molecule has 1 aromatic heterocycles. The molecule has 112 valence electrons. The van der Waals surface area contributed by atoms with Gasteiger partial charge in [-0.15, -0.1) is 0 Å². The topological polar surface area (TPSA) is 129 Å². The van der Waals surface area contributed by atoms with Gasteiger partial charge < -0.3 is 10.2 Å². The smallest absolute Gasteiger partial charge is 0.353 e. The molecule has 21 heavy (non-hydrogen) atoms. The largest absolute Gasteiger partial charge is 0.477 e. The summed E-state index contributed by atoms with van der Waals surface area (Å²) < 4.78 is 24.7. The minimum atomic E-state index is -3.66. The first kappa shape index (κ1) is 15.0. The molecular formula is C12H12N2O6S. The molecule has 0 radical (unpaired) electrons. The summed E-state index contributed by atoms with van der Waals surface area (Å²) in [5.74, 6) is -1.73. The molecule has 1 aromatic carbocycles. The molecule has 0 amide bonds. The summed E-state index contributed by atoms with van der Waals surface area (Å²) in [7, 11) is -3.66. The second kappa shape index (κ2) is 5.54. The molecule has 2 rings (SSSR count). The summed E-state index contributed by atoms with van der Waals surface area (Å²) in [6.45, 7) is -0.516. The minimum Gasteiger partial charge on any atom is -0.477 e. The first-order valence-electron chi connectivity index (χ1n) is 5.84. The number of aromatic nitrogens is 2. The number of carbonyl (C=O) groups is 1. The second-order valence-corrected chi connectivity index (χ2v) is 6.30. The van der Waals surface area contributed by atoms with Crippen LogP contribution in [0.1, 0.15) is 10.5 Å². The molecule has 2 aromatic rings. The summed E-state index contributed by atoms with van der Waals surface area (Å²) in [4.78, 5) is 22.5. The molecule has 0 atom stereocenters. The number of aliphatic hydroxyl groups excluding tert-OH is 1. The van der Waals surface area contributed by atoms with Crippen molar-refractivity contribution in [3.05, 3.63) is 46.4 Å². The van der Waals surface area contributed by atoms with E-state index in [1.54, 1.807) is 0 Å². The van der Waals surface area contributed by atoms with E-state index in [2.05, 4.69) is 5.10 Å². The second-order valence-electron chi connectivity index (χ2n) is 4.19. The predicted molar refractivity (Wildman–Crippen MR) is 72.5 cm³/mol. The van der Waals surface area contributed by atoms with E-state index in [-0.39, 0.29) is 16.3 Å². The lowest BCUT2D eigenvalue weighted by Crippen LogP contribution is -2.15. The third kappa shape index (κ3) is 3.03. The zero-order valence-corrected chi connectivity index (χ0v) is 11.5. The number of nitrogens with zero attached hydrogens (tertiary/aromatic N) is 1. The van der Waals surface area contributed by atoms with Gasteiger partial charge in [-0.2, -0.15) is 0 Å². The number of benzene rings is 1. The highest BCUT2D eigenvalue weighted by molar-refractivity contribution is 7.91. The Hall–Kier alpha value is -2.39. The van der Waals surface area contributed by atoms with E-state index in [0.29, 0.717) is 0 Å². The molecular weight excluding hydrogens is 300 g/mol. The SMILES string of the molecule is O=C(O)c1cc(=O)n(-c2cccc(S(=O)(=O)CCO)c2)[nH]1. The van der Waals surface area contributed by atoms with Gasteiger partial charge in [0.1, 0.15) is 5.69 Å². The lowest BCUT2D eigenvalue weighted by Gasteiger charge is -2.06. The summed E-state index contributed by atoms with van der Waals surface area (Å²) in [6, 6.07) is 6.35. The summed E-state index contributed by atoms with van der Waals surface area (Å²) in [6.07, 6.45) is 0. The fourth-order valence-electron chi connectivity index (χ4n) is 1.75. The van der Waals surface area contributed by atoms with Crippen molar-refractivity contribution in [1.82, 2.24) is 9.78 Å². The Kier molecular flexibility index (Phi) is 3.96. The number of carboxylic acids is 1. The summed E-state index contributed by atoms with van der Waals surface area (Å²) >= 11 is 0. The molecule has 0 aliphatic rings. The van der Waals surface area contributed by atoms with E-state index in [9.17, 15) is 18.0 Å². The molecule has 9 heteroatoms. The Balaban J connectivity index is 2.52. The van der Waals surface area contributed by atoms with Crippen molar-refractivity contribution in [3.63, 3.8) is 0 Å². The van der Waals surface area contributed by atoms with Crippen LogP contribution in [0.15, 0.2) is 40.0 Å². The van der Waals surface area contributed by atoms with E-state index < -0.39 is 33.7 Å². The molecule has 0 unspecified atom stereocenters. The van der Waals surface area contributed by atoms with Crippen LogP contribution in [0.25, 0.3) is 5.69 Å². The fourth-order valence-corrected chi connectivity index (χ4v) is 2.81. The van der Waals surface area contributed by atoms with Gasteiger partial charge in [-0.3, -0.25) is 9.89 Å². The molecule has 0 fully saturated rings. The molecule has 0 bridgehead atoms. The highest BCUT2D eigenvalue weighted by atomic mass is 32.2. The third-order valence-corrected chi connectivity index (χ3v) is 4.44. The van der Waals surface area contributed by atoms with Crippen LogP contribution in [0.3, 0.4) is 0 Å². The number of hydrogen-bond donors (Lipinski definition) is 3. The van der Waals surface area contributed by atoms with Crippen molar-refractivity contribution in [2.75, 3.05) is 12.4 Å². The molecule has 1 heterocycles. The van der Waals surface area contributed by atoms with Crippen LogP contribution in [0.4, 0.5) is 0 Å². The first-order chi connectivity index (χ1) is 9.85. The normalized spacial score (nSPS) is 11.5. The Bertz CT molecular complexity index is 833. The number of rotatable bonds is 5. The average molecular weight is 312 g/mol. The fraction of sp³-hybridized carbons (Fsp3) is 0.167. The maximum absolute atomic E-state index is 11.9. The van der Waals surface area contributed by atoms with Gasteiger partial charge in [-0.05, 0) is 18.2 Å². The van der Waals surface area contributed by atoms with Gasteiger partial charge in [0.15, 0.2) is 9.84 Å². The number of aromatic carboxylic acids is 1. The first-order valence-corrected chi connectivity index (χ1v) is 7.50. The van der Waals surface area contributed by atoms with Gasteiger partial charge in [0.25, 0.3) is 5.56 Å². The number of nitrogens with one attached hydrogen (secondary N) is 1. The minimum absolute atomic E-state index is 0.0626. The van der Waals surface area contributed by atoms with Crippen LogP contribution in [0.5, 0.6) is 0 Å². The van der Waals surface area contributed by atoms with Gasteiger partial charge in [-0.25, -0.2) is 17.9 Å². The standard InChI is InChI=1S/C12H12N2O6S/c15-4-5-21(19,20)9-3-1-2-8(6-9)14-11(16)7-10(13-14)12(17)18/h1-3,6-7,13,15H,4-5H2,(H,17,18).